The molecular weight excluding hydrogens is 562 g/mol. The molecule has 0 aliphatic carbocycles. The molecule has 9 rings (SSSR count). The third-order valence-corrected chi connectivity index (χ3v) is 8.52. The van der Waals surface area contributed by atoms with Gasteiger partial charge in [-0.05, 0) is 53.2 Å². The van der Waals surface area contributed by atoms with Crippen LogP contribution in [0.1, 0.15) is 0 Å². The smallest absolute Gasteiger partial charge is 0.0973 e. The Balaban J connectivity index is 1.19. The van der Waals surface area contributed by atoms with Crippen LogP contribution in [0.15, 0.2) is 152 Å². The fourth-order valence-electron chi connectivity index (χ4n) is 6.25. The minimum Gasteiger partial charge on any atom is -0.264 e. The largest absolute Gasteiger partial charge is 0.264 e. The van der Waals surface area contributed by atoms with E-state index in [4.69, 9.17) is 19.9 Å². The van der Waals surface area contributed by atoms with Crippen molar-refractivity contribution in [3.8, 4) is 45.0 Å². The van der Waals surface area contributed by atoms with Gasteiger partial charge >= 0.3 is 0 Å². The third kappa shape index (κ3) is 4.45. The van der Waals surface area contributed by atoms with Gasteiger partial charge in [-0.1, -0.05) is 97.1 Å². The molecule has 0 aliphatic rings. The van der Waals surface area contributed by atoms with E-state index in [1.165, 1.54) is 0 Å². The van der Waals surface area contributed by atoms with Crippen molar-refractivity contribution < 1.29 is 0 Å². The molecule has 0 radical (unpaired) electrons. The summed E-state index contributed by atoms with van der Waals surface area (Å²) in [7, 11) is 0. The molecule has 0 fully saturated rings. The molecule has 0 saturated heterocycles. The minimum atomic E-state index is 0.864. The summed E-state index contributed by atoms with van der Waals surface area (Å²) in [4.78, 5) is 24.7. The van der Waals surface area contributed by atoms with Crippen molar-refractivity contribution in [3.63, 3.8) is 0 Å². The third-order valence-electron chi connectivity index (χ3n) is 8.52. The Bertz CT molecular complexity index is 2580. The number of para-hydroxylation sites is 2. The van der Waals surface area contributed by atoms with Crippen LogP contribution in [0.4, 0.5) is 0 Å². The Morgan fingerprint density at radius 1 is 0.391 bits per heavy atom. The molecule has 0 aliphatic heterocycles. The highest BCUT2D eigenvalue weighted by Crippen LogP contribution is 2.36. The maximum Gasteiger partial charge on any atom is 0.0973 e. The molecule has 5 heteroatoms. The van der Waals surface area contributed by atoms with E-state index < -0.39 is 0 Å². The van der Waals surface area contributed by atoms with Crippen LogP contribution < -0.4 is 0 Å². The topological polar surface area (TPSA) is 64.5 Å². The fourth-order valence-corrected chi connectivity index (χ4v) is 6.25. The van der Waals surface area contributed by atoms with Gasteiger partial charge in [0.15, 0.2) is 0 Å². The number of fused-ring (bicyclic) bond motifs is 5. The number of hydrogen-bond acceptors (Lipinski definition) is 5. The van der Waals surface area contributed by atoms with Crippen LogP contribution in [-0.2, 0) is 0 Å². The minimum absolute atomic E-state index is 0.864. The van der Waals surface area contributed by atoms with E-state index in [0.717, 1.165) is 88.6 Å². The van der Waals surface area contributed by atoms with Gasteiger partial charge in [-0.15, -0.1) is 0 Å². The first-order valence-electron chi connectivity index (χ1n) is 15.3. The average Bonchev–Trinajstić information content (AvgIpc) is 3.14. The molecule has 5 aromatic carbocycles. The van der Waals surface area contributed by atoms with Crippen molar-refractivity contribution in [2.75, 3.05) is 0 Å². The molecule has 0 N–H and O–H groups in total. The van der Waals surface area contributed by atoms with Crippen molar-refractivity contribution >= 4 is 43.6 Å². The lowest BCUT2D eigenvalue weighted by atomic mass is 9.96. The molecule has 4 aromatic heterocycles. The zero-order chi connectivity index (χ0) is 30.5. The molecule has 0 saturated carbocycles. The van der Waals surface area contributed by atoms with Gasteiger partial charge in [0, 0.05) is 45.4 Å². The fraction of sp³-hybridized carbons (Fsp3) is 0. The van der Waals surface area contributed by atoms with Crippen LogP contribution in [-0.4, -0.2) is 24.9 Å². The lowest BCUT2D eigenvalue weighted by Gasteiger charge is -2.13. The zero-order valence-electron chi connectivity index (χ0n) is 24.7. The molecule has 0 spiro atoms. The Kier molecular flexibility index (Phi) is 6.06. The standard InChI is InChI=1S/C41H25N5/c1-2-8-26(9-3-1)38-41(46-37-14-5-4-13-36(37)45-38)30-17-20-32-29(24-30)10-6-12-33(32)35-22-19-28-16-15-27-18-21-34(31-11-7-23-42-25-31)43-39(27)40(28)44-35/h1-25H. The Hall–Kier alpha value is -6.33. The van der Waals surface area contributed by atoms with E-state index in [0.29, 0.717) is 0 Å². The van der Waals surface area contributed by atoms with Crippen molar-refractivity contribution in [3.05, 3.63) is 152 Å². The van der Waals surface area contributed by atoms with Crippen LogP contribution >= 0.6 is 0 Å². The molecule has 4 heterocycles. The summed E-state index contributed by atoms with van der Waals surface area (Å²) in [6.45, 7) is 0. The van der Waals surface area contributed by atoms with Crippen molar-refractivity contribution in [1.82, 2.24) is 24.9 Å². The normalized spacial score (nSPS) is 11.5. The van der Waals surface area contributed by atoms with Gasteiger partial charge in [0.1, 0.15) is 0 Å². The van der Waals surface area contributed by atoms with E-state index in [9.17, 15) is 0 Å². The predicted molar refractivity (Wildman–Crippen MR) is 187 cm³/mol. The summed E-state index contributed by atoms with van der Waals surface area (Å²) in [6, 6.07) is 47.8. The van der Waals surface area contributed by atoms with E-state index in [1.807, 2.05) is 66.9 Å². The summed E-state index contributed by atoms with van der Waals surface area (Å²) in [5, 5.41) is 4.34. The molecular formula is C41H25N5. The van der Waals surface area contributed by atoms with Crippen molar-refractivity contribution in [1.29, 1.82) is 0 Å². The van der Waals surface area contributed by atoms with E-state index in [2.05, 4.69) is 83.8 Å². The zero-order valence-corrected chi connectivity index (χ0v) is 24.7. The molecule has 214 valence electrons. The quantitative estimate of drug-likeness (QED) is 0.192. The molecule has 0 atom stereocenters. The number of nitrogens with zero attached hydrogens (tertiary/aromatic N) is 5. The second-order valence-corrected chi connectivity index (χ2v) is 11.4. The average molecular weight is 588 g/mol. The summed E-state index contributed by atoms with van der Waals surface area (Å²) in [6.07, 6.45) is 3.62. The number of aromatic nitrogens is 5. The maximum absolute atomic E-state index is 5.23. The Morgan fingerprint density at radius 3 is 1.78 bits per heavy atom. The summed E-state index contributed by atoms with van der Waals surface area (Å²) < 4.78 is 0. The highest BCUT2D eigenvalue weighted by molar-refractivity contribution is 6.05. The first-order valence-corrected chi connectivity index (χ1v) is 15.3. The van der Waals surface area contributed by atoms with Crippen LogP contribution in [0, 0.1) is 0 Å². The van der Waals surface area contributed by atoms with Crippen LogP contribution in [0.25, 0.3) is 88.6 Å². The Labute approximate surface area is 264 Å². The lowest BCUT2D eigenvalue weighted by Crippen LogP contribution is -1.95. The SMILES string of the molecule is c1ccc(-c2nc3ccccc3nc2-c2ccc3c(-c4ccc5ccc6ccc(-c7cccnc7)nc6c5n4)cccc3c2)cc1. The summed E-state index contributed by atoms with van der Waals surface area (Å²) in [5.41, 5.74) is 11.1. The molecule has 0 amide bonds. The number of pyridine rings is 3. The monoisotopic (exact) mass is 587 g/mol. The van der Waals surface area contributed by atoms with Gasteiger partial charge in [-0.25, -0.2) is 19.9 Å². The lowest BCUT2D eigenvalue weighted by molar-refractivity contribution is 1.29. The number of rotatable bonds is 4. The van der Waals surface area contributed by atoms with Crippen LogP contribution in [0.3, 0.4) is 0 Å². The molecule has 9 aromatic rings. The van der Waals surface area contributed by atoms with E-state index in [-0.39, 0.29) is 0 Å². The van der Waals surface area contributed by atoms with Crippen LogP contribution in [0.2, 0.25) is 0 Å². The van der Waals surface area contributed by atoms with Gasteiger partial charge in [0.2, 0.25) is 0 Å². The van der Waals surface area contributed by atoms with E-state index >= 15 is 0 Å². The second-order valence-electron chi connectivity index (χ2n) is 11.4. The predicted octanol–water partition coefficient (Wildman–Crippen LogP) is 9.94. The molecule has 0 bridgehead atoms. The summed E-state index contributed by atoms with van der Waals surface area (Å²) in [5.74, 6) is 0. The first kappa shape index (κ1) is 26.1. The van der Waals surface area contributed by atoms with Gasteiger partial charge in [-0.3, -0.25) is 4.98 Å². The summed E-state index contributed by atoms with van der Waals surface area (Å²) >= 11 is 0. The highest BCUT2D eigenvalue weighted by Gasteiger charge is 2.15. The van der Waals surface area contributed by atoms with Crippen LogP contribution in [0.5, 0.6) is 0 Å². The molecule has 5 nitrogen and oxygen atoms in total. The van der Waals surface area contributed by atoms with Crippen molar-refractivity contribution in [2.45, 2.75) is 0 Å². The van der Waals surface area contributed by atoms with Gasteiger partial charge in [0.05, 0.1) is 44.8 Å². The molecule has 46 heavy (non-hydrogen) atoms. The number of benzene rings is 5. The van der Waals surface area contributed by atoms with Gasteiger partial charge in [0.25, 0.3) is 0 Å². The Morgan fingerprint density at radius 2 is 1.04 bits per heavy atom. The highest BCUT2D eigenvalue weighted by atomic mass is 14.8. The number of hydrogen-bond donors (Lipinski definition) is 0. The second kappa shape index (κ2) is 10.7. The van der Waals surface area contributed by atoms with E-state index in [1.54, 1.807) is 6.20 Å². The maximum atomic E-state index is 5.23. The van der Waals surface area contributed by atoms with Gasteiger partial charge < -0.3 is 0 Å². The molecule has 0 unspecified atom stereocenters. The van der Waals surface area contributed by atoms with Gasteiger partial charge in [-0.2, -0.15) is 0 Å². The van der Waals surface area contributed by atoms with Crippen molar-refractivity contribution in [2.24, 2.45) is 0 Å². The first-order chi connectivity index (χ1) is 22.8.